The Labute approximate surface area is 158 Å². The van der Waals surface area contributed by atoms with Crippen molar-refractivity contribution in [3.8, 4) is 10.6 Å². The molecule has 1 atom stereocenters. The van der Waals surface area contributed by atoms with Gasteiger partial charge in [0.05, 0.1) is 17.9 Å². The highest BCUT2D eigenvalue weighted by molar-refractivity contribution is 7.13. The number of carbonyl (C=O) groups is 2. The minimum Gasteiger partial charge on any atom is -0.318 e. The maximum atomic E-state index is 13.1. The van der Waals surface area contributed by atoms with Crippen LogP contribution in [0, 0.1) is 5.82 Å². The van der Waals surface area contributed by atoms with Crippen LogP contribution in [0.5, 0.6) is 0 Å². The van der Waals surface area contributed by atoms with Gasteiger partial charge in [-0.3, -0.25) is 14.7 Å². The van der Waals surface area contributed by atoms with E-state index in [-0.39, 0.29) is 18.3 Å². The van der Waals surface area contributed by atoms with Crippen LogP contribution in [0.3, 0.4) is 0 Å². The van der Waals surface area contributed by atoms with Crippen molar-refractivity contribution < 1.29 is 14.0 Å². The van der Waals surface area contributed by atoms with E-state index in [1.54, 1.807) is 48.8 Å². The Hall–Kier alpha value is -3.13. The number of thiazole rings is 1. The van der Waals surface area contributed by atoms with E-state index in [1.165, 1.54) is 23.5 Å². The average Bonchev–Trinajstić information content (AvgIpc) is 3.23. The number of nitrogens with one attached hydrogen (secondary N) is 1. The normalized spacial score (nSPS) is 19.4. The van der Waals surface area contributed by atoms with Crippen LogP contribution in [0.1, 0.15) is 18.3 Å². The molecule has 1 N–H and O–H groups in total. The second kappa shape index (κ2) is 6.55. The summed E-state index contributed by atoms with van der Waals surface area (Å²) in [6, 6.07) is 10.8. The topological polar surface area (TPSA) is 75.2 Å². The molecule has 0 spiro atoms. The van der Waals surface area contributed by atoms with E-state index in [0.717, 1.165) is 10.5 Å². The third-order valence-corrected chi connectivity index (χ3v) is 5.36. The van der Waals surface area contributed by atoms with Gasteiger partial charge in [-0.2, -0.15) is 0 Å². The van der Waals surface area contributed by atoms with Gasteiger partial charge in [0.1, 0.15) is 10.8 Å². The van der Waals surface area contributed by atoms with E-state index < -0.39 is 11.6 Å². The zero-order valence-electron chi connectivity index (χ0n) is 14.3. The Balaban J connectivity index is 1.56. The van der Waals surface area contributed by atoms with E-state index in [1.807, 2.05) is 0 Å². The Kier molecular flexibility index (Phi) is 4.19. The Bertz CT molecular complexity index is 1010. The van der Waals surface area contributed by atoms with Crippen LogP contribution in [0.2, 0.25) is 0 Å². The summed E-state index contributed by atoms with van der Waals surface area (Å²) < 4.78 is 13.1. The zero-order valence-corrected chi connectivity index (χ0v) is 15.2. The van der Waals surface area contributed by atoms with Crippen LogP contribution in [-0.2, 0) is 16.9 Å². The molecule has 1 aliphatic rings. The molecule has 0 saturated carbocycles. The predicted molar refractivity (Wildman–Crippen MR) is 98.2 cm³/mol. The number of pyridine rings is 1. The third-order valence-electron chi connectivity index (χ3n) is 4.42. The highest BCUT2D eigenvalue weighted by Crippen LogP contribution is 2.30. The smallest absolute Gasteiger partial charge is 0.318 e. The van der Waals surface area contributed by atoms with Crippen LogP contribution < -0.4 is 5.32 Å². The van der Waals surface area contributed by atoms with Gasteiger partial charge in [0.15, 0.2) is 5.54 Å². The molecular formula is C19H15FN4O2S. The minimum atomic E-state index is -1.20. The fraction of sp³-hybridized carbons (Fsp3) is 0.158. The monoisotopic (exact) mass is 382 g/mol. The first-order valence-corrected chi connectivity index (χ1v) is 9.11. The van der Waals surface area contributed by atoms with Crippen molar-refractivity contribution in [2.75, 3.05) is 0 Å². The van der Waals surface area contributed by atoms with E-state index in [2.05, 4.69) is 15.3 Å². The minimum absolute atomic E-state index is 0.0603. The number of amides is 3. The molecule has 3 amide bonds. The third kappa shape index (κ3) is 3.08. The number of urea groups is 1. The fourth-order valence-electron chi connectivity index (χ4n) is 2.94. The summed E-state index contributed by atoms with van der Waals surface area (Å²) in [5, 5.41) is 5.21. The van der Waals surface area contributed by atoms with Gasteiger partial charge in [-0.05, 0) is 43.3 Å². The molecule has 1 unspecified atom stereocenters. The number of aromatic nitrogens is 2. The number of nitrogens with zero attached hydrogens (tertiary/aromatic N) is 3. The van der Waals surface area contributed by atoms with E-state index >= 15 is 0 Å². The molecular weight excluding hydrogens is 367 g/mol. The Morgan fingerprint density at radius 2 is 1.96 bits per heavy atom. The fourth-order valence-corrected chi connectivity index (χ4v) is 3.76. The van der Waals surface area contributed by atoms with Gasteiger partial charge in [0.2, 0.25) is 0 Å². The van der Waals surface area contributed by atoms with Gasteiger partial charge in [0, 0.05) is 17.1 Å². The number of carbonyl (C=O) groups excluding carboxylic acids is 2. The highest BCUT2D eigenvalue weighted by atomic mass is 32.1. The standard InChI is InChI=1S/C19H15FN4O2S/c1-19(15-4-2-3-9-21-15)17(25)24(18(26)23-19)10-14-11-27-16(22-14)12-5-7-13(20)8-6-12/h2-9,11H,10H2,1H3,(H,23,26). The van der Waals surface area contributed by atoms with Crippen molar-refractivity contribution >= 4 is 23.3 Å². The summed E-state index contributed by atoms with van der Waals surface area (Å²) in [7, 11) is 0. The summed E-state index contributed by atoms with van der Waals surface area (Å²) in [5.41, 5.74) is 0.654. The molecule has 4 rings (SSSR count). The van der Waals surface area contributed by atoms with Crippen LogP contribution in [0.15, 0.2) is 54.0 Å². The second-order valence-electron chi connectivity index (χ2n) is 6.31. The maximum Gasteiger partial charge on any atom is 0.325 e. The van der Waals surface area contributed by atoms with Crippen LogP contribution >= 0.6 is 11.3 Å². The first-order valence-electron chi connectivity index (χ1n) is 8.23. The summed E-state index contributed by atoms with van der Waals surface area (Å²) in [5.74, 6) is -0.689. The molecule has 27 heavy (non-hydrogen) atoms. The lowest BCUT2D eigenvalue weighted by atomic mass is 9.97. The number of halogens is 1. The molecule has 0 radical (unpaired) electrons. The molecule has 1 saturated heterocycles. The lowest BCUT2D eigenvalue weighted by Gasteiger charge is -2.20. The first-order chi connectivity index (χ1) is 13.0. The predicted octanol–water partition coefficient (Wildman–Crippen LogP) is 3.31. The van der Waals surface area contributed by atoms with Crippen molar-refractivity contribution in [2.24, 2.45) is 0 Å². The molecule has 0 aliphatic carbocycles. The first kappa shape index (κ1) is 17.3. The molecule has 136 valence electrons. The molecule has 1 fully saturated rings. The number of benzene rings is 1. The summed E-state index contributed by atoms with van der Waals surface area (Å²) in [6.45, 7) is 1.70. The van der Waals surface area contributed by atoms with Gasteiger partial charge in [-0.15, -0.1) is 11.3 Å². The van der Waals surface area contributed by atoms with Crippen LogP contribution in [0.4, 0.5) is 9.18 Å². The number of hydrogen-bond donors (Lipinski definition) is 1. The molecule has 1 aromatic carbocycles. The second-order valence-corrected chi connectivity index (χ2v) is 7.17. The zero-order chi connectivity index (χ0) is 19.0. The van der Waals surface area contributed by atoms with Gasteiger partial charge in [-0.25, -0.2) is 14.2 Å². The summed E-state index contributed by atoms with van der Waals surface area (Å²) in [4.78, 5) is 35.1. The summed E-state index contributed by atoms with van der Waals surface area (Å²) in [6.07, 6.45) is 1.58. The van der Waals surface area contributed by atoms with Crippen molar-refractivity contribution in [3.05, 3.63) is 71.2 Å². The van der Waals surface area contributed by atoms with Crippen molar-refractivity contribution in [1.29, 1.82) is 0 Å². The number of hydrogen-bond acceptors (Lipinski definition) is 5. The average molecular weight is 382 g/mol. The molecule has 2 aromatic heterocycles. The van der Waals surface area contributed by atoms with Crippen molar-refractivity contribution in [3.63, 3.8) is 0 Å². The van der Waals surface area contributed by atoms with E-state index in [4.69, 9.17) is 0 Å². The molecule has 3 aromatic rings. The Morgan fingerprint density at radius 1 is 1.19 bits per heavy atom. The lowest BCUT2D eigenvalue weighted by Crippen LogP contribution is -2.41. The molecule has 3 heterocycles. The molecule has 0 bridgehead atoms. The van der Waals surface area contributed by atoms with E-state index in [0.29, 0.717) is 16.4 Å². The van der Waals surface area contributed by atoms with Gasteiger partial charge < -0.3 is 5.32 Å². The van der Waals surface area contributed by atoms with Gasteiger partial charge >= 0.3 is 6.03 Å². The number of rotatable bonds is 4. The molecule has 8 heteroatoms. The summed E-state index contributed by atoms with van der Waals surface area (Å²) >= 11 is 1.38. The van der Waals surface area contributed by atoms with Crippen molar-refractivity contribution in [1.82, 2.24) is 20.2 Å². The molecule has 6 nitrogen and oxygen atoms in total. The largest absolute Gasteiger partial charge is 0.325 e. The quantitative estimate of drug-likeness (QED) is 0.703. The number of imide groups is 1. The maximum absolute atomic E-state index is 13.1. The van der Waals surface area contributed by atoms with Crippen molar-refractivity contribution in [2.45, 2.75) is 19.0 Å². The SMILES string of the molecule is CC1(c2ccccn2)NC(=O)N(Cc2csc(-c3ccc(F)cc3)n2)C1=O. The lowest BCUT2D eigenvalue weighted by molar-refractivity contribution is -0.131. The van der Waals surface area contributed by atoms with Gasteiger partial charge in [-0.1, -0.05) is 6.07 Å². The van der Waals surface area contributed by atoms with E-state index in [9.17, 15) is 14.0 Å². The van der Waals surface area contributed by atoms with Crippen LogP contribution in [-0.4, -0.2) is 26.8 Å². The van der Waals surface area contributed by atoms with Gasteiger partial charge in [0.25, 0.3) is 5.91 Å². The van der Waals surface area contributed by atoms with Crippen LogP contribution in [0.25, 0.3) is 10.6 Å². The Morgan fingerprint density at radius 3 is 2.67 bits per heavy atom. The highest BCUT2D eigenvalue weighted by Gasteiger charge is 2.50. The molecule has 1 aliphatic heterocycles.